The van der Waals surface area contributed by atoms with E-state index < -0.39 is 0 Å². The molecule has 0 saturated carbocycles. The number of hydrogen-bond acceptors (Lipinski definition) is 4. The Morgan fingerprint density at radius 2 is 1.87 bits per heavy atom. The Hall–Kier alpha value is -1.68. The summed E-state index contributed by atoms with van der Waals surface area (Å²) >= 11 is 0. The van der Waals surface area contributed by atoms with Crippen LogP contribution in [0.2, 0.25) is 0 Å². The second-order valence-electron chi connectivity index (χ2n) is 3.09. The largest absolute Gasteiger partial charge is 0.496 e. The van der Waals surface area contributed by atoms with Crippen molar-refractivity contribution in [2.24, 2.45) is 0 Å². The zero-order valence-electron chi connectivity index (χ0n) is 8.69. The molecule has 0 aliphatic carbocycles. The molecule has 1 aliphatic heterocycles. The summed E-state index contributed by atoms with van der Waals surface area (Å²) in [7, 11) is 3.26. The molecular weight excluding hydrogens is 194 g/mol. The smallest absolute Gasteiger partial charge is 0.137 e. The predicted octanol–water partition coefficient (Wildman–Crippen LogP) is 1.79. The molecule has 0 radical (unpaired) electrons. The lowest BCUT2D eigenvalue weighted by Gasteiger charge is -2.16. The topological polar surface area (TPSA) is 39.7 Å². The van der Waals surface area contributed by atoms with Crippen LogP contribution in [0.4, 0.5) is 0 Å². The van der Waals surface area contributed by atoms with E-state index in [0.29, 0.717) is 0 Å². The van der Waals surface area contributed by atoms with Crippen LogP contribution in [-0.2, 0) is 4.84 Å². The van der Waals surface area contributed by atoms with Gasteiger partial charge in [-0.3, -0.25) is 10.3 Å². The highest BCUT2D eigenvalue weighted by Gasteiger charge is 2.21. The summed E-state index contributed by atoms with van der Waals surface area (Å²) in [6.45, 7) is 0. The van der Waals surface area contributed by atoms with E-state index in [2.05, 4.69) is 5.48 Å². The third kappa shape index (κ3) is 1.76. The summed E-state index contributed by atoms with van der Waals surface area (Å²) in [5, 5.41) is 0. The SMILES string of the molecule is COc1cccc(OC)c1C1C=CNO1. The summed E-state index contributed by atoms with van der Waals surface area (Å²) in [4.78, 5) is 5.30. The Morgan fingerprint density at radius 3 is 2.33 bits per heavy atom. The van der Waals surface area contributed by atoms with Crippen molar-refractivity contribution in [2.75, 3.05) is 14.2 Å². The van der Waals surface area contributed by atoms with Gasteiger partial charge in [0.2, 0.25) is 0 Å². The van der Waals surface area contributed by atoms with Crippen molar-refractivity contribution in [1.29, 1.82) is 0 Å². The molecule has 1 unspecified atom stereocenters. The first-order valence-electron chi connectivity index (χ1n) is 4.65. The van der Waals surface area contributed by atoms with E-state index in [1.54, 1.807) is 20.4 Å². The fraction of sp³-hybridized carbons (Fsp3) is 0.273. The van der Waals surface area contributed by atoms with Crippen molar-refractivity contribution in [3.63, 3.8) is 0 Å². The number of ether oxygens (including phenoxy) is 2. The van der Waals surface area contributed by atoms with E-state index in [1.165, 1.54) is 0 Å². The molecular formula is C11H13NO3. The minimum atomic E-state index is -0.170. The molecule has 0 saturated heterocycles. The Kier molecular flexibility index (Phi) is 2.78. The number of benzene rings is 1. The lowest BCUT2D eigenvalue weighted by atomic mass is 10.1. The molecule has 1 atom stereocenters. The van der Waals surface area contributed by atoms with Crippen molar-refractivity contribution in [2.45, 2.75) is 6.10 Å². The third-order valence-electron chi connectivity index (χ3n) is 2.28. The van der Waals surface area contributed by atoms with Crippen LogP contribution in [0.3, 0.4) is 0 Å². The quantitative estimate of drug-likeness (QED) is 0.820. The molecule has 80 valence electrons. The van der Waals surface area contributed by atoms with Crippen molar-refractivity contribution >= 4 is 0 Å². The van der Waals surface area contributed by atoms with Gasteiger partial charge < -0.3 is 9.47 Å². The predicted molar refractivity (Wildman–Crippen MR) is 55.6 cm³/mol. The zero-order valence-corrected chi connectivity index (χ0v) is 8.69. The second kappa shape index (κ2) is 4.23. The highest BCUT2D eigenvalue weighted by molar-refractivity contribution is 5.48. The van der Waals surface area contributed by atoms with Crippen LogP contribution in [-0.4, -0.2) is 14.2 Å². The van der Waals surface area contributed by atoms with E-state index in [1.807, 2.05) is 24.3 Å². The zero-order chi connectivity index (χ0) is 10.7. The molecule has 4 nitrogen and oxygen atoms in total. The number of rotatable bonds is 3. The van der Waals surface area contributed by atoms with Gasteiger partial charge in [-0.2, -0.15) is 0 Å². The van der Waals surface area contributed by atoms with Gasteiger partial charge in [-0.15, -0.1) is 0 Å². The maximum Gasteiger partial charge on any atom is 0.137 e. The molecule has 0 spiro atoms. The number of hydroxylamine groups is 1. The van der Waals surface area contributed by atoms with Gasteiger partial charge in [0, 0.05) is 6.20 Å². The van der Waals surface area contributed by atoms with Gasteiger partial charge in [0.25, 0.3) is 0 Å². The molecule has 2 rings (SSSR count). The lowest BCUT2D eigenvalue weighted by molar-refractivity contribution is 0.0442. The van der Waals surface area contributed by atoms with Gasteiger partial charge in [-0.25, -0.2) is 0 Å². The maximum atomic E-state index is 5.30. The van der Waals surface area contributed by atoms with Crippen LogP contribution in [0, 0.1) is 0 Å². The van der Waals surface area contributed by atoms with Gasteiger partial charge in [-0.1, -0.05) is 6.07 Å². The van der Waals surface area contributed by atoms with Gasteiger partial charge in [0.15, 0.2) is 0 Å². The summed E-state index contributed by atoms with van der Waals surface area (Å²) in [6.07, 6.45) is 3.48. The molecule has 1 N–H and O–H groups in total. The van der Waals surface area contributed by atoms with Crippen LogP contribution in [0.5, 0.6) is 11.5 Å². The molecule has 1 aromatic carbocycles. The highest BCUT2D eigenvalue weighted by atomic mass is 16.7. The lowest BCUT2D eigenvalue weighted by Crippen LogP contribution is -2.06. The maximum absolute atomic E-state index is 5.30. The normalized spacial score (nSPS) is 18.7. The minimum absolute atomic E-state index is 0.170. The minimum Gasteiger partial charge on any atom is -0.496 e. The summed E-state index contributed by atoms with van der Waals surface area (Å²) in [5.74, 6) is 1.51. The van der Waals surface area contributed by atoms with Gasteiger partial charge in [0.1, 0.15) is 17.6 Å². The first-order chi connectivity index (χ1) is 7.36. The molecule has 1 heterocycles. The Labute approximate surface area is 88.4 Å². The molecule has 0 bridgehead atoms. The molecule has 1 aromatic rings. The molecule has 0 fully saturated rings. The van der Waals surface area contributed by atoms with Gasteiger partial charge >= 0.3 is 0 Å². The number of hydrogen-bond donors (Lipinski definition) is 1. The second-order valence-corrected chi connectivity index (χ2v) is 3.09. The van der Waals surface area contributed by atoms with Crippen LogP contribution < -0.4 is 15.0 Å². The van der Waals surface area contributed by atoms with Crippen LogP contribution in [0.15, 0.2) is 30.5 Å². The fourth-order valence-corrected chi connectivity index (χ4v) is 1.59. The Balaban J connectivity index is 2.44. The van der Waals surface area contributed by atoms with Crippen molar-refractivity contribution < 1.29 is 14.3 Å². The van der Waals surface area contributed by atoms with Crippen LogP contribution in [0.1, 0.15) is 11.7 Å². The monoisotopic (exact) mass is 207 g/mol. The molecule has 1 aliphatic rings. The van der Waals surface area contributed by atoms with E-state index >= 15 is 0 Å². The number of nitrogens with one attached hydrogen (secondary N) is 1. The van der Waals surface area contributed by atoms with E-state index in [9.17, 15) is 0 Å². The van der Waals surface area contributed by atoms with E-state index in [-0.39, 0.29) is 6.10 Å². The van der Waals surface area contributed by atoms with Crippen LogP contribution >= 0.6 is 0 Å². The average molecular weight is 207 g/mol. The van der Waals surface area contributed by atoms with Gasteiger partial charge in [0.05, 0.1) is 19.8 Å². The molecule has 0 amide bonds. The van der Waals surface area contributed by atoms with E-state index in [0.717, 1.165) is 17.1 Å². The summed E-state index contributed by atoms with van der Waals surface area (Å²) in [6, 6.07) is 5.65. The Bertz CT molecular complexity index is 354. The fourth-order valence-electron chi connectivity index (χ4n) is 1.59. The van der Waals surface area contributed by atoms with Crippen molar-refractivity contribution in [1.82, 2.24) is 5.48 Å². The summed E-state index contributed by atoms with van der Waals surface area (Å²) in [5.41, 5.74) is 3.57. The standard InChI is InChI=1S/C11H13NO3/c1-13-8-4-3-5-9(14-2)11(8)10-6-7-12-15-10/h3-7,10,12H,1-2H3. The van der Waals surface area contributed by atoms with Crippen LogP contribution in [0.25, 0.3) is 0 Å². The highest BCUT2D eigenvalue weighted by Crippen LogP contribution is 2.37. The Morgan fingerprint density at radius 1 is 1.20 bits per heavy atom. The first-order valence-corrected chi connectivity index (χ1v) is 4.65. The molecule has 15 heavy (non-hydrogen) atoms. The van der Waals surface area contributed by atoms with E-state index in [4.69, 9.17) is 14.3 Å². The average Bonchev–Trinajstić information content (AvgIpc) is 2.81. The molecule has 4 heteroatoms. The van der Waals surface area contributed by atoms with Gasteiger partial charge in [-0.05, 0) is 18.2 Å². The summed E-state index contributed by atoms with van der Waals surface area (Å²) < 4.78 is 10.6. The number of methoxy groups -OCH3 is 2. The van der Waals surface area contributed by atoms with Crippen molar-refractivity contribution in [3.8, 4) is 11.5 Å². The third-order valence-corrected chi connectivity index (χ3v) is 2.28. The molecule has 0 aromatic heterocycles. The van der Waals surface area contributed by atoms with Crippen molar-refractivity contribution in [3.05, 3.63) is 36.0 Å². The first kappa shape index (κ1) is 9.86.